The summed E-state index contributed by atoms with van der Waals surface area (Å²) in [5.41, 5.74) is 1.41. The zero-order valence-electron chi connectivity index (χ0n) is 9.61. The maximum atomic E-state index is 12.0. The average Bonchev–Trinajstić information content (AvgIpc) is 2.71. The van der Waals surface area contributed by atoms with E-state index < -0.39 is 11.5 Å². The predicted molar refractivity (Wildman–Crippen MR) is 63.3 cm³/mol. The molecule has 0 bridgehead atoms. The fraction of sp³-hybridized carbons (Fsp3) is 0.308. The Morgan fingerprint density at radius 1 is 1.35 bits per heavy atom. The zero-order chi connectivity index (χ0) is 12.4. The monoisotopic (exact) mass is 231 g/mol. The van der Waals surface area contributed by atoms with Crippen molar-refractivity contribution in [2.75, 3.05) is 0 Å². The lowest BCUT2D eigenvalue weighted by molar-refractivity contribution is 0.0640. The number of aromatic nitrogens is 1. The van der Waals surface area contributed by atoms with Gasteiger partial charge < -0.3 is 15.2 Å². The van der Waals surface area contributed by atoms with Gasteiger partial charge in [0, 0.05) is 28.1 Å². The molecule has 1 heterocycles. The minimum atomic E-state index is -0.998. The lowest BCUT2D eigenvalue weighted by Crippen LogP contribution is -2.33. The summed E-state index contributed by atoms with van der Waals surface area (Å²) in [5.74, 6) is -0.0924. The first-order valence-corrected chi connectivity index (χ1v) is 5.50. The van der Waals surface area contributed by atoms with E-state index in [9.17, 15) is 15.0 Å². The normalized spacial score (nSPS) is 22.1. The molecular weight excluding hydrogens is 218 g/mol. The fourth-order valence-corrected chi connectivity index (χ4v) is 2.53. The van der Waals surface area contributed by atoms with Crippen LogP contribution in [0.5, 0.6) is 5.75 Å². The molecule has 1 atom stereocenters. The van der Waals surface area contributed by atoms with Gasteiger partial charge >= 0.3 is 0 Å². The van der Waals surface area contributed by atoms with E-state index in [0.29, 0.717) is 5.56 Å². The second-order valence-corrected chi connectivity index (χ2v) is 5.09. The van der Waals surface area contributed by atoms with Crippen LogP contribution in [-0.2, 0) is 5.41 Å². The second-order valence-electron chi connectivity index (χ2n) is 5.09. The molecule has 2 aromatic rings. The Labute approximate surface area is 97.9 Å². The van der Waals surface area contributed by atoms with E-state index in [1.165, 1.54) is 0 Å². The largest absolute Gasteiger partial charge is 0.508 e. The number of fused-ring (bicyclic) bond motifs is 3. The Bertz CT molecular complexity index is 639. The molecule has 1 aromatic heterocycles. The number of aromatic amines is 1. The van der Waals surface area contributed by atoms with Crippen molar-refractivity contribution < 1.29 is 15.0 Å². The third-order valence-electron chi connectivity index (χ3n) is 3.60. The fourth-order valence-electron chi connectivity index (χ4n) is 2.53. The molecule has 4 heteroatoms. The van der Waals surface area contributed by atoms with Crippen molar-refractivity contribution in [1.29, 1.82) is 0 Å². The van der Waals surface area contributed by atoms with Crippen molar-refractivity contribution in [3.63, 3.8) is 0 Å². The van der Waals surface area contributed by atoms with Gasteiger partial charge in [-0.15, -0.1) is 0 Å². The molecule has 0 fully saturated rings. The van der Waals surface area contributed by atoms with Gasteiger partial charge in [0.15, 0.2) is 5.78 Å². The van der Waals surface area contributed by atoms with Crippen LogP contribution >= 0.6 is 0 Å². The molecule has 3 rings (SSSR count). The summed E-state index contributed by atoms with van der Waals surface area (Å²) in [6, 6.07) is 4.83. The standard InChI is InChI=1S/C13H13NO3/c1-13(2)11-9(10(16)12(13)17)7-4-3-6(15)5-8(7)14-11/h3-5,12,14-15,17H,1-2H3/t12-/m0/s1. The summed E-state index contributed by atoms with van der Waals surface area (Å²) in [5, 5.41) is 20.1. The van der Waals surface area contributed by atoms with E-state index in [1.54, 1.807) is 18.2 Å². The molecule has 0 unspecified atom stereocenters. The Morgan fingerprint density at radius 3 is 2.76 bits per heavy atom. The number of phenolic OH excluding ortho intramolecular Hbond substituents is 1. The number of H-pyrrole nitrogens is 1. The van der Waals surface area contributed by atoms with E-state index in [1.807, 2.05) is 13.8 Å². The number of carbonyl (C=O) groups excluding carboxylic acids is 1. The predicted octanol–water partition coefficient (Wildman–Crippen LogP) is 1.71. The summed E-state index contributed by atoms with van der Waals surface area (Å²) in [6.07, 6.45) is -0.998. The molecule has 0 radical (unpaired) electrons. The molecule has 1 aromatic carbocycles. The molecule has 17 heavy (non-hydrogen) atoms. The summed E-state index contributed by atoms with van der Waals surface area (Å²) < 4.78 is 0. The van der Waals surface area contributed by atoms with E-state index in [4.69, 9.17) is 0 Å². The number of rotatable bonds is 0. The van der Waals surface area contributed by atoms with Crippen molar-refractivity contribution in [2.45, 2.75) is 25.4 Å². The zero-order valence-corrected chi connectivity index (χ0v) is 9.61. The average molecular weight is 231 g/mol. The number of aliphatic hydroxyl groups is 1. The minimum Gasteiger partial charge on any atom is -0.508 e. The minimum absolute atomic E-state index is 0.156. The van der Waals surface area contributed by atoms with Crippen LogP contribution in [0.15, 0.2) is 18.2 Å². The molecule has 0 amide bonds. The summed E-state index contributed by atoms with van der Waals surface area (Å²) in [7, 11) is 0. The number of hydrogen-bond acceptors (Lipinski definition) is 3. The van der Waals surface area contributed by atoms with Crippen molar-refractivity contribution >= 4 is 16.7 Å². The Morgan fingerprint density at radius 2 is 2.06 bits per heavy atom. The van der Waals surface area contributed by atoms with E-state index in [-0.39, 0.29) is 11.5 Å². The molecule has 0 saturated heterocycles. The van der Waals surface area contributed by atoms with Gasteiger partial charge in [0.1, 0.15) is 11.9 Å². The maximum Gasteiger partial charge on any atom is 0.194 e. The molecule has 4 nitrogen and oxygen atoms in total. The van der Waals surface area contributed by atoms with Crippen LogP contribution in [0, 0.1) is 0 Å². The van der Waals surface area contributed by atoms with E-state index in [2.05, 4.69) is 4.98 Å². The summed E-state index contributed by atoms with van der Waals surface area (Å²) in [4.78, 5) is 15.2. The van der Waals surface area contributed by atoms with Gasteiger partial charge in [-0.05, 0) is 12.1 Å². The van der Waals surface area contributed by atoms with Crippen molar-refractivity contribution in [3.05, 3.63) is 29.5 Å². The van der Waals surface area contributed by atoms with Crippen LogP contribution in [0.2, 0.25) is 0 Å². The van der Waals surface area contributed by atoms with Gasteiger partial charge in [0.05, 0.1) is 5.52 Å². The highest BCUT2D eigenvalue weighted by molar-refractivity contribution is 6.15. The summed E-state index contributed by atoms with van der Waals surface area (Å²) >= 11 is 0. The Hall–Kier alpha value is -1.81. The number of ketones is 1. The van der Waals surface area contributed by atoms with Crippen LogP contribution in [0.1, 0.15) is 29.9 Å². The van der Waals surface area contributed by atoms with Crippen LogP contribution < -0.4 is 0 Å². The van der Waals surface area contributed by atoms with Crippen LogP contribution in [0.4, 0.5) is 0 Å². The maximum absolute atomic E-state index is 12.0. The lowest BCUT2D eigenvalue weighted by Gasteiger charge is -2.21. The number of carbonyl (C=O) groups is 1. The third-order valence-corrected chi connectivity index (χ3v) is 3.60. The van der Waals surface area contributed by atoms with Gasteiger partial charge in [-0.1, -0.05) is 13.8 Å². The molecule has 3 N–H and O–H groups in total. The molecule has 1 aliphatic rings. The number of phenols is 1. The molecule has 0 spiro atoms. The van der Waals surface area contributed by atoms with Crippen molar-refractivity contribution in [2.24, 2.45) is 0 Å². The molecule has 0 saturated carbocycles. The topological polar surface area (TPSA) is 73.3 Å². The molecule has 0 aliphatic heterocycles. The number of Topliss-reactive ketones (excluding diaryl/α,β-unsaturated/α-hetero) is 1. The summed E-state index contributed by atoms with van der Waals surface area (Å²) in [6.45, 7) is 3.66. The van der Waals surface area contributed by atoms with E-state index in [0.717, 1.165) is 16.6 Å². The van der Waals surface area contributed by atoms with Crippen molar-refractivity contribution in [1.82, 2.24) is 4.98 Å². The van der Waals surface area contributed by atoms with Gasteiger partial charge in [0.2, 0.25) is 0 Å². The highest BCUT2D eigenvalue weighted by atomic mass is 16.3. The van der Waals surface area contributed by atoms with Crippen molar-refractivity contribution in [3.8, 4) is 5.75 Å². The smallest absolute Gasteiger partial charge is 0.194 e. The number of hydrogen-bond donors (Lipinski definition) is 3. The first-order valence-electron chi connectivity index (χ1n) is 5.50. The van der Waals surface area contributed by atoms with E-state index >= 15 is 0 Å². The highest BCUT2D eigenvalue weighted by Crippen LogP contribution is 2.42. The van der Waals surface area contributed by atoms with Crippen LogP contribution in [0.3, 0.4) is 0 Å². The number of benzene rings is 1. The number of nitrogens with one attached hydrogen (secondary N) is 1. The molecule has 1 aliphatic carbocycles. The number of aliphatic hydroxyl groups excluding tert-OH is 1. The molecule has 88 valence electrons. The van der Waals surface area contributed by atoms with Crippen LogP contribution in [-0.4, -0.2) is 27.1 Å². The van der Waals surface area contributed by atoms with Gasteiger partial charge in [-0.3, -0.25) is 4.79 Å². The Kier molecular flexibility index (Phi) is 1.76. The SMILES string of the molecule is CC1(C)c2[nH]c3cc(O)ccc3c2C(=O)[C@@H]1O. The highest BCUT2D eigenvalue weighted by Gasteiger charge is 2.47. The van der Waals surface area contributed by atoms with Gasteiger partial charge in [-0.2, -0.15) is 0 Å². The van der Waals surface area contributed by atoms with Gasteiger partial charge in [0.25, 0.3) is 0 Å². The lowest BCUT2D eigenvalue weighted by atomic mass is 9.88. The van der Waals surface area contributed by atoms with Crippen LogP contribution in [0.25, 0.3) is 10.9 Å². The Balaban J connectivity index is 2.40. The molecular formula is C13H13NO3. The number of aromatic hydroxyl groups is 1. The first-order chi connectivity index (χ1) is 7.93. The quantitative estimate of drug-likeness (QED) is 0.646. The first kappa shape index (κ1) is 10.4. The van der Waals surface area contributed by atoms with Gasteiger partial charge in [-0.25, -0.2) is 0 Å². The third kappa shape index (κ3) is 1.13. The second kappa shape index (κ2) is 2.90.